The number of carboxylic acid groups (broad SMARTS) is 1. The lowest BCUT2D eigenvalue weighted by Gasteiger charge is -2.04. The lowest BCUT2D eigenvalue weighted by Crippen LogP contribution is -2.06. The van der Waals surface area contributed by atoms with Crippen LogP contribution in [0.3, 0.4) is 0 Å². The van der Waals surface area contributed by atoms with Crippen molar-refractivity contribution in [2.75, 3.05) is 0 Å². The van der Waals surface area contributed by atoms with Crippen LogP contribution in [0.2, 0.25) is 0 Å². The average Bonchev–Trinajstić information content (AvgIpc) is 2.93. The number of carbonyl (C=O) groups excluding carboxylic acids is 1. The van der Waals surface area contributed by atoms with E-state index in [4.69, 9.17) is 0 Å². The molecule has 0 atom stereocenters. The zero-order valence-electron chi connectivity index (χ0n) is 20.0. The van der Waals surface area contributed by atoms with Gasteiger partial charge < -0.3 is 9.67 Å². The number of hydrogen-bond acceptors (Lipinski definition) is 2. The Hall–Kier alpha value is -1.58. The standard InChI is InChI=1S/C26H45NO3/c1-5-6-7-8-9-10-11-12-13-14-15-16-17-18-19-20-23(28)24-21(2)25(26(29)30)27(4)22(24)3/h5-20H2,1-4H3,(H,29,30). The molecule has 4 nitrogen and oxygen atoms in total. The molecule has 0 aromatic carbocycles. The molecule has 0 fully saturated rings. The molecule has 1 N–H and O–H groups in total. The highest BCUT2D eigenvalue weighted by Crippen LogP contribution is 2.23. The van der Waals surface area contributed by atoms with E-state index >= 15 is 0 Å². The van der Waals surface area contributed by atoms with Gasteiger partial charge in [-0.2, -0.15) is 0 Å². The van der Waals surface area contributed by atoms with Crippen LogP contribution in [-0.2, 0) is 7.05 Å². The topological polar surface area (TPSA) is 59.3 Å². The lowest BCUT2D eigenvalue weighted by molar-refractivity contribution is 0.0685. The summed E-state index contributed by atoms with van der Waals surface area (Å²) in [6.07, 6.45) is 20.1. The molecule has 0 unspecified atom stereocenters. The van der Waals surface area contributed by atoms with Crippen LogP contribution in [0.15, 0.2) is 0 Å². The van der Waals surface area contributed by atoms with E-state index in [-0.39, 0.29) is 11.5 Å². The maximum absolute atomic E-state index is 12.6. The van der Waals surface area contributed by atoms with E-state index in [1.54, 1.807) is 18.5 Å². The Kier molecular flexibility index (Phi) is 13.5. The van der Waals surface area contributed by atoms with Crippen molar-refractivity contribution in [1.82, 2.24) is 4.57 Å². The maximum atomic E-state index is 12.6. The molecule has 30 heavy (non-hydrogen) atoms. The molecule has 0 amide bonds. The molecule has 0 aliphatic heterocycles. The molecule has 1 heterocycles. The number of nitrogens with zero attached hydrogens (tertiary/aromatic N) is 1. The summed E-state index contributed by atoms with van der Waals surface area (Å²) < 4.78 is 1.62. The van der Waals surface area contributed by atoms with Gasteiger partial charge in [0.05, 0.1) is 0 Å². The van der Waals surface area contributed by atoms with Crippen LogP contribution in [0, 0.1) is 13.8 Å². The third kappa shape index (κ3) is 9.06. The molecular formula is C26H45NO3. The van der Waals surface area contributed by atoms with Gasteiger partial charge in [-0.05, 0) is 25.8 Å². The van der Waals surface area contributed by atoms with Crippen LogP contribution < -0.4 is 0 Å². The number of rotatable bonds is 18. The van der Waals surface area contributed by atoms with Crippen LogP contribution in [0.4, 0.5) is 0 Å². The zero-order chi connectivity index (χ0) is 22.4. The molecule has 0 bridgehead atoms. The second-order valence-corrected chi connectivity index (χ2v) is 8.92. The Balaban J connectivity index is 2.07. The normalized spacial score (nSPS) is 11.2. The van der Waals surface area contributed by atoms with Crippen LogP contribution in [-0.4, -0.2) is 21.4 Å². The summed E-state index contributed by atoms with van der Waals surface area (Å²) >= 11 is 0. The van der Waals surface area contributed by atoms with Crippen LogP contribution in [0.1, 0.15) is 142 Å². The molecular weight excluding hydrogens is 374 g/mol. The van der Waals surface area contributed by atoms with Crippen molar-refractivity contribution in [3.8, 4) is 0 Å². The molecule has 172 valence electrons. The SMILES string of the molecule is CCCCCCCCCCCCCCCCCC(=O)c1c(C)c(C(=O)O)n(C)c1C. The van der Waals surface area contributed by atoms with Crippen LogP contribution >= 0.6 is 0 Å². The number of carboxylic acids is 1. The van der Waals surface area contributed by atoms with E-state index in [0.717, 1.165) is 18.5 Å². The van der Waals surface area contributed by atoms with Gasteiger partial charge in [-0.1, -0.05) is 96.8 Å². The van der Waals surface area contributed by atoms with E-state index < -0.39 is 5.97 Å². The number of ketones is 1. The Morgan fingerprint density at radius 3 is 1.50 bits per heavy atom. The number of aromatic carboxylic acids is 1. The van der Waals surface area contributed by atoms with E-state index in [1.165, 1.54) is 83.5 Å². The van der Waals surface area contributed by atoms with Gasteiger partial charge in [0.15, 0.2) is 5.78 Å². The van der Waals surface area contributed by atoms with Gasteiger partial charge in [0, 0.05) is 24.7 Å². The van der Waals surface area contributed by atoms with Crippen molar-refractivity contribution in [1.29, 1.82) is 0 Å². The Morgan fingerprint density at radius 1 is 0.733 bits per heavy atom. The molecule has 0 spiro atoms. The van der Waals surface area contributed by atoms with Gasteiger partial charge in [-0.25, -0.2) is 4.79 Å². The fourth-order valence-electron chi connectivity index (χ4n) is 4.47. The number of hydrogen-bond donors (Lipinski definition) is 1. The number of unbranched alkanes of at least 4 members (excludes halogenated alkanes) is 14. The Bertz CT molecular complexity index is 645. The van der Waals surface area contributed by atoms with Gasteiger partial charge in [0.2, 0.25) is 0 Å². The Labute approximate surface area is 184 Å². The third-order valence-corrected chi connectivity index (χ3v) is 6.42. The first-order valence-electron chi connectivity index (χ1n) is 12.3. The highest BCUT2D eigenvalue weighted by molar-refractivity contribution is 6.02. The molecule has 0 saturated carbocycles. The molecule has 0 aliphatic rings. The fraction of sp³-hybridized carbons (Fsp3) is 0.769. The smallest absolute Gasteiger partial charge is 0.352 e. The summed E-state index contributed by atoms with van der Waals surface area (Å²) in [6, 6.07) is 0. The first-order valence-corrected chi connectivity index (χ1v) is 12.3. The first kappa shape index (κ1) is 26.5. The zero-order valence-corrected chi connectivity index (χ0v) is 20.0. The van der Waals surface area contributed by atoms with Crippen molar-refractivity contribution >= 4 is 11.8 Å². The van der Waals surface area contributed by atoms with E-state index in [1.807, 2.05) is 6.92 Å². The van der Waals surface area contributed by atoms with E-state index in [2.05, 4.69) is 6.92 Å². The van der Waals surface area contributed by atoms with Gasteiger partial charge in [0.1, 0.15) is 5.69 Å². The monoisotopic (exact) mass is 419 g/mol. The van der Waals surface area contributed by atoms with E-state index in [9.17, 15) is 14.7 Å². The molecule has 0 saturated heterocycles. The van der Waals surface area contributed by atoms with Crippen molar-refractivity contribution in [2.45, 2.75) is 124 Å². The lowest BCUT2D eigenvalue weighted by atomic mass is 10.00. The van der Waals surface area contributed by atoms with Crippen molar-refractivity contribution < 1.29 is 14.7 Å². The van der Waals surface area contributed by atoms with Crippen LogP contribution in [0.5, 0.6) is 0 Å². The van der Waals surface area contributed by atoms with Gasteiger partial charge in [0.25, 0.3) is 0 Å². The third-order valence-electron chi connectivity index (χ3n) is 6.42. The molecule has 1 rings (SSSR count). The average molecular weight is 420 g/mol. The van der Waals surface area contributed by atoms with Crippen LogP contribution in [0.25, 0.3) is 0 Å². The maximum Gasteiger partial charge on any atom is 0.352 e. The highest BCUT2D eigenvalue weighted by atomic mass is 16.4. The van der Waals surface area contributed by atoms with Crippen molar-refractivity contribution in [3.05, 3.63) is 22.5 Å². The summed E-state index contributed by atoms with van der Waals surface area (Å²) in [5.74, 6) is -0.882. The highest BCUT2D eigenvalue weighted by Gasteiger charge is 2.23. The van der Waals surface area contributed by atoms with Crippen molar-refractivity contribution in [3.63, 3.8) is 0 Å². The minimum atomic E-state index is -0.968. The number of Topliss-reactive ketones (excluding diaryl/α,β-unsaturated/α-hetero) is 1. The van der Waals surface area contributed by atoms with Gasteiger partial charge >= 0.3 is 5.97 Å². The minimum Gasteiger partial charge on any atom is -0.477 e. The Morgan fingerprint density at radius 2 is 1.13 bits per heavy atom. The summed E-state index contributed by atoms with van der Waals surface area (Å²) in [5, 5.41) is 9.35. The second-order valence-electron chi connectivity index (χ2n) is 8.92. The molecule has 1 aromatic rings. The summed E-state index contributed by atoms with van der Waals surface area (Å²) in [6.45, 7) is 5.85. The van der Waals surface area contributed by atoms with Gasteiger partial charge in [-0.15, -0.1) is 0 Å². The predicted octanol–water partition coefficient (Wildman–Crippen LogP) is 7.78. The second kappa shape index (κ2) is 15.3. The number of carbonyl (C=O) groups is 2. The fourth-order valence-corrected chi connectivity index (χ4v) is 4.47. The predicted molar refractivity (Wildman–Crippen MR) is 126 cm³/mol. The molecule has 1 aromatic heterocycles. The number of aromatic nitrogens is 1. The summed E-state index contributed by atoms with van der Waals surface area (Å²) in [4.78, 5) is 24.0. The van der Waals surface area contributed by atoms with E-state index in [0.29, 0.717) is 17.5 Å². The molecule has 0 aliphatic carbocycles. The quantitative estimate of drug-likeness (QED) is 0.195. The largest absolute Gasteiger partial charge is 0.477 e. The first-order chi connectivity index (χ1) is 14.4. The molecule has 0 radical (unpaired) electrons. The van der Waals surface area contributed by atoms with Crippen molar-refractivity contribution in [2.24, 2.45) is 7.05 Å². The van der Waals surface area contributed by atoms with Gasteiger partial charge in [-0.3, -0.25) is 4.79 Å². The summed E-state index contributed by atoms with van der Waals surface area (Å²) in [7, 11) is 1.72. The molecule has 4 heteroatoms. The minimum absolute atomic E-state index is 0.0859. The summed E-state index contributed by atoms with van der Waals surface area (Å²) in [5.41, 5.74) is 2.21.